The van der Waals surface area contributed by atoms with Gasteiger partial charge in [-0.1, -0.05) is 35.9 Å². The van der Waals surface area contributed by atoms with Gasteiger partial charge >= 0.3 is 11.7 Å². The minimum atomic E-state index is -0.781. The van der Waals surface area contributed by atoms with Gasteiger partial charge in [0.05, 0.1) is 23.7 Å². The van der Waals surface area contributed by atoms with E-state index in [2.05, 4.69) is 10.3 Å². The Balaban J connectivity index is 1.73. The Morgan fingerprint density at radius 1 is 1.06 bits per heavy atom. The largest absolute Gasteiger partial charge is 0.465 e. The second-order valence-electron chi connectivity index (χ2n) is 8.82. The summed E-state index contributed by atoms with van der Waals surface area (Å²) in [6.07, 6.45) is 1.82. The summed E-state index contributed by atoms with van der Waals surface area (Å²) >= 11 is 0. The van der Waals surface area contributed by atoms with E-state index >= 15 is 0 Å². The van der Waals surface area contributed by atoms with Crippen LogP contribution in [0.3, 0.4) is 0 Å². The Hall–Kier alpha value is -4.53. The third-order valence-electron chi connectivity index (χ3n) is 6.17. The topological polar surface area (TPSA) is 112 Å². The second-order valence-corrected chi connectivity index (χ2v) is 8.82. The van der Waals surface area contributed by atoms with E-state index in [0.717, 1.165) is 23.0 Å². The molecule has 1 N–H and O–H groups in total. The molecule has 9 nitrogen and oxygen atoms in total. The number of amides is 1. The van der Waals surface area contributed by atoms with E-state index in [4.69, 9.17) is 4.74 Å². The highest BCUT2D eigenvalue weighted by Crippen LogP contribution is 2.40. The smallest absolute Gasteiger partial charge is 0.338 e. The van der Waals surface area contributed by atoms with Gasteiger partial charge in [0.15, 0.2) is 5.65 Å². The first kappa shape index (κ1) is 23.2. The zero-order valence-corrected chi connectivity index (χ0v) is 19.9. The molecule has 2 aromatic heterocycles. The van der Waals surface area contributed by atoms with Gasteiger partial charge in [0, 0.05) is 17.3 Å². The van der Waals surface area contributed by atoms with Crippen LogP contribution in [-0.2, 0) is 16.1 Å². The van der Waals surface area contributed by atoms with Crippen LogP contribution >= 0.6 is 0 Å². The third-order valence-corrected chi connectivity index (χ3v) is 6.17. The number of para-hydroxylation sites is 1. The number of benzene rings is 2. The molecule has 1 amide bonds. The summed E-state index contributed by atoms with van der Waals surface area (Å²) in [5, 5.41) is 2.63. The number of methoxy groups -OCH3 is 1. The van der Waals surface area contributed by atoms with Gasteiger partial charge in [0.2, 0.25) is 5.91 Å². The summed E-state index contributed by atoms with van der Waals surface area (Å²) in [5.41, 5.74) is 1.22. The van der Waals surface area contributed by atoms with Crippen molar-refractivity contribution in [3.63, 3.8) is 0 Å². The number of carbonyl (C=O) groups excluding carboxylic acids is 2. The maximum atomic E-state index is 13.7. The number of hydrogen-bond donors (Lipinski definition) is 1. The lowest BCUT2D eigenvalue weighted by Gasteiger charge is -2.16. The number of ether oxygens (including phenoxy) is 1. The number of fused-ring (bicyclic) bond motifs is 1. The minimum Gasteiger partial charge on any atom is -0.465 e. The summed E-state index contributed by atoms with van der Waals surface area (Å²) < 4.78 is 7.05. The van der Waals surface area contributed by atoms with Crippen LogP contribution in [0, 0.1) is 6.92 Å². The van der Waals surface area contributed by atoms with Crippen LogP contribution in [0.1, 0.15) is 40.4 Å². The first-order chi connectivity index (χ1) is 17.4. The van der Waals surface area contributed by atoms with E-state index < -0.39 is 29.7 Å². The molecule has 2 aromatic carbocycles. The molecule has 0 saturated heterocycles. The molecule has 1 aliphatic carbocycles. The van der Waals surface area contributed by atoms with Crippen molar-refractivity contribution in [3.8, 4) is 5.69 Å². The molecule has 182 valence electrons. The SMILES string of the molecule is COC(=O)c1cc(C2CC2)nc2c1c(=O)n(CC(=O)Nc1ccc(C)cc1)c(=O)n2-c1ccccc1. The van der Waals surface area contributed by atoms with E-state index in [9.17, 15) is 19.2 Å². The number of rotatable bonds is 6. The molecule has 2 heterocycles. The van der Waals surface area contributed by atoms with E-state index in [0.29, 0.717) is 17.1 Å². The fraction of sp³-hybridized carbons (Fsp3) is 0.222. The Kier molecular flexibility index (Phi) is 5.97. The molecule has 0 aliphatic heterocycles. The Morgan fingerprint density at radius 2 is 1.75 bits per heavy atom. The molecule has 1 aliphatic rings. The van der Waals surface area contributed by atoms with Crippen molar-refractivity contribution >= 4 is 28.6 Å². The van der Waals surface area contributed by atoms with Crippen LogP contribution in [0.4, 0.5) is 5.69 Å². The van der Waals surface area contributed by atoms with Crippen molar-refractivity contribution in [3.05, 3.63) is 98.3 Å². The van der Waals surface area contributed by atoms with E-state index in [-0.39, 0.29) is 22.5 Å². The zero-order valence-electron chi connectivity index (χ0n) is 19.9. The molecule has 0 bridgehead atoms. The van der Waals surface area contributed by atoms with Crippen LogP contribution < -0.4 is 16.6 Å². The molecule has 1 fully saturated rings. The maximum absolute atomic E-state index is 13.7. The van der Waals surface area contributed by atoms with Crippen molar-refractivity contribution < 1.29 is 14.3 Å². The molecule has 9 heteroatoms. The lowest BCUT2D eigenvalue weighted by Crippen LogP contribution is -2.43. The summed E-state index contributed by atoms with van der Waals surface area (Å²) in [6, 6.07) is 17.4. The number of carbonyl (C=O) groups is 2. The number of nitrogens with zero attached hydrogens (tertiary/aromatic N) is 3. The van der Waals surface area contributed by atoms with Gasteiger partial charge in [-0.15, -0.1) is 0 Å². The van der Waals surface area contributed by atoms with Gasteiger partial charge in [0.25, 0.3) is 5.56 Å². The van der Waals surface area contributed by atoms with Crippen molar-refractivity contribution in [1.29, 1.82) is 0 Å². The van der Waals surface area contributed by atoms with Crippen LogP contribution in [-0.4, -0.2) is 33.1 Å². The van der Waals surface area contributed by atoms with Crippen molar-refractivity contribution in [2.75, 3.05) is 12.4 Å². The fourth-order valence-corrected chi connectivity index (χ4v) is 4.15. The minimum absolute atomic E-state index is 0.0202. The number of aryl methyl sites for hydroxylation is 1. The molecule has 0 unspecified atom stereocenters. The predicted molar refractivity (Wildman–Crippen MR) is 135 cm³/mol. The Labute approximate surface area is 206 Å². The normalized spacial score (nSPS) is 12.9. The molecule has 36 heavy (non-hydrogen) atoms. The van der Waals surface area contributed by atoms with Gasteiger partial charge in [-0.2, -0.15) is 0 Å². The highest BCUT2D eigenvalue weighted by molar-refractivity contribution is 6.02. The summed E-state index contributed by atoms with van der Waals surface area (Å²) in [4.78, 5) is 57.5. The summed E-state index contributed by atoms with van der Waals surface area (Å²) in [7, 11) is 1.23. The molecule has 0 spiro atoms. The van der Waals surface area contributed by atoms with Crippen LogP contribution in [0.15, 0.2) is 70.3 Å². The van der Waals surface area contributed by atoms with Crippen LogP contribution in [0.25, 0.3) is 16.7 Å². The van der Waals surface area contributed by atoms with Crippen molar-refractivity contribution in [1.82, 2.24) is 14.1 Å². The van der Waals surface area contributed by atoms with Gasteiger partial charge in [-0.05, 0) is 50.1 Å². The number of nitrogens with one attached hydrogen (secondary N) is 1. The van der Waals surface area contributed by atoms with Crippen molar-refractivity contribution in [2.24, 2.45) is 0 Å². The lowest BCUT2D eigenvalue weighted by molar-refractivity contribution is -0.116. The molecular formula is C27H24N4O5. The number of pyridine rings is 1. The molecule has 0 radical (unpaired) electrons. The molecule has 1 saturated carbocycles. The van der Waals surface area contributed by atoms with Gasteiger partial charge < -0.3 is 10.1 Å². The van der Waals surface area contributed by atoms with Crippen molar-refractivity contribution in [2.45, 2.75) is 32.2 Å². The Morgan fingerprint density at radius 3 is 2.39 bits per heavy atom. The number of esters is 1. The highest BCUT2D eigenvalue weighted by Gasteiger charge is 2.30. The zero-order chi connectivity index (χ0) is 25.4. The number of aromatic nitrogens is 3. The fourth-order valence-electron chi connectivity index (χ4n) is 4.15. The average molecular weight is 485 g/mol. The number of hydrogen-bond acceptors (Lipinski definition) is 6. The monoisotopic (exact) mass is 484 g/mol. The predicted octanol–water partition coefficient (Wildman–Crippen LogP) is 3.16. The van der Waals surface area contributed by atoms with Gasteiger partial charge in [-0.25, -0.2) is 23.7 Å². The van der Waals surface area contributed by atoms with Gasteiger partial charge in [-0.3, -0.25) is 9.59 Å². The average Bonchev–Trinajstić information content (AvgIpc) is 3.73. The Bertz CT molecular complexity index is 1600. The van der Waals surface area contributed by atoms with Crippen LogP contribution in [0.5, 0.6) is 0 Å². The standard InChI is InChI=1S/C27H24N4O5/c1-16-8-12-18(13-9-16)28-22(32)15-30-25(33)23-20(26(34)36-2)14-21(17-10-11-17)29-24(23)31(27(30)35)19-6-4-3-5-7-19/h3-9,12-14,17H,10-11,15H2,1-2H3,(H,28,32). The van der Waals surface area contributed by atoms with Gasteiger partial charge in [0.1, 0.15) is 6.54 Å². The second kappa shape index (κ2) is 9.26. The number of anilines is 1. The first-order valence-corrected chi connectivity index (χ1v) is 11.6. The maximum Gasteiger partial charge on any atom is 0.338 e. The van der Waals surface area contributed by atoms with E-state index in [1.165, 1.54) is 11.7 Å². The molecule has 5 rings (SSSR count). The third kappa shape index (κ3) is 4.31. The quantitative estimate of drug-likeness (QED) is 0.421. The summed E-state index contributed by atoms with van der Waals surface area (Å²) in [5.74, 6) is -1.12. The molecule has 0 atom stereocenters. The summed E-state index contributed by atoms with van der Waals surface area (Å²) in [6.45, 7) is 1.38. The molecular weight excluding hydrogens is 460 g/mol. The first-order valence-electron chi connectivity index (χ1n) is 11.6. The molecule has 4 aromatic rings. The van der Waals surface area contributed by atoms with E-state index in [1.807, 2.05) is 19.1 Å². The van der Waals surface area contributed by atoms with E-state index in [1.54, 1.807) is 48.5 Å². The van der Waals surface area contributed by atoms with Crippen LogP contribution in [0.2, 0.25) is 0 Å². The highest BCUT2D eigenvalue weighted by atomic mass is 16.5. The lowest BCUT2D eigenvalue weighted by atomic mass is 10.1.